The predicted octanol–water partition coefficient (Wildman–Crippen LogP) is 4.03. The van der Waals surface area contributed by atoms with E-state index in [2.05, 4.69) is 40.3 Å². The highest BCUT2D eigenvalue weighted by molar-refractivity contribution is 9.10. The third-order valence-corrected chi connectivity index (χ3v) is 3.85. The van der Waals surface area contributed by atoms with E-state index in [0.717, 1.165) is 22.1 Å². The maximum absolute atomic E-state index is 10.2. The Hall–Kier alpha value is -1.83. The van der Waals surface area contributed by atoms with Crippen molar-refractivity contribution in [2.24, 2.45) is 0 Å². The van der Waals surface area contributed by atoms with Crippen molar-refractivity contribution in [2.45, 2.75) is 19.4 Å². The third kappa shape index (κ3) is 4.07. The Bertz CT molecular complexity index is 647. The molecule has 2 aromatic carbocycles. The molecule has 1 unspecified atom stereocenters. The zero-order chi connectivity index (χ0) is 15.2. The average Bonchev–Trinajstić information content (AvgIpc) is 2.53. The monoisotopic (exact) mass is 344 g/mol. The van der Waals surface area contributed by atoms with Gasteiger partial charge in [0.15, 0.2) is 0 Å². The molecule has 21 heavy (non-hydrogen) atoms. The van der Waals surface area contributed by atoms with Crippen LogP contribution in [0.25, 0.3) is 0 Å². The summed E-state index contributed by atoms with van der Waals surface area (Å²) < 4.78 is 1.05. The molecule has 0 aliphatic rings. The van der Waals surface area contributed by atoms with Gasteiger partial charge >= 0.3 is 0 Å². The first-order valence-corrected chi connectivity index (χ1v) is 7.63. The van der Waals surface area contributed by atoms with Gasteiger partial charge in [-0.05, 0) is 47.9 Å². The second-order valence-electron chi connectivity index (χ2n) is 4.79. The van der Waals surface area contributed by atoms with Crippen LogP contribution >= 0.6 is 15.9 Å². The minimum absolute atomic E-state index is 0.431. The van der Waals surface area contributed by atoms with Crippen LogP contribution in [0.2, 0.25) is 0 Å². The van der Waals surface area contributed by atoms with Crippen LogP contribution in [-0.4, -0.2) is 11.7 Å². The quantitative estimate of drug-likeness (QED) is 0.860. The molecule has 0 aliphatic heterocycles. The van der Waals surface area contributed by atoms with Gasteiger partial charge in [0, 0.05) is 16.7 Å². The van der Waals surface area contributed by atoms with Gasteiger partial charge in [-0.2, -0.15) is 5.26 Å². The van der Waals surface area contributed by atoms with Crippen LogP contribution in [0.1, 0.15) is 29.7 Å². The summed E-state index contributed by atoms with van der Waals surface area (Å²) in [7, 11) is 0. The molecule has 0 amide bonds. The molecule has 0 saturated carbocycles. The number of nitrogens with one attached hydrogen (secondary N) is 1. The second-order valence-corrected chi connectivity index (χ2v) is 5.70. The minimum Gasteiger partial charge on any atom is -0.387 e. The van der Waals surface area contributed by atoms with Gasteiger partial charge in [0.05, 0.1) is 17.7 Å². The smallest absolute Gasteiger partial charge is 0.0991 e. The molecule has 4 heteroatoms. The van der Waals surface area contributed by atoms with Gasteiger partial charge in [-0.25, -0.2) is 0 Å². The van der Waals surface area contributed by atoms with E-state index in [1.165, 1.54) is 5.56 Å². The maximum atomic E-state index is 10.2. The Labute approximate surface area is 133 Å². The normalized spacial score (nSPS) is 11.7. The Balaban J connectivity index is 2.03. The number of rotatable bonds is 5. The summed E-state index contributed by atoms with van der Waals surface area (Å²) in [6.07, 6.45) is 0.320. The minimum atomic E-state index is -0.605. The van der Waals surface area contributed by atoms with Crippen molar-refractivity contribution in [1.82, 2.24) is 0 Å². The predicted molar refractivity (Wildman–Crippen MR) is 88.1 cm³/mol. The molecule has 0 radical (unpaired) electrons. The van der Waals surface area contributed by atoms with Gasteiger partial charge in [0.25, 0.3) is 0 Å². The number of nitrogens with zero attached hydrogens (tertiary/aromatic N) is 1. The average molecular weight is 345 g/mol. The fourth-order valence-electron chi connectivity index (χ4n) is 2.13. The van der Waals surface area contributed by atoms with Crippen LogP contribution in [-0.2, 0) is 6.42 Å². The first-order valence-electron chi connectivity index (χ1n) is 6.84. The zero-order valence-electron chi connectivity index (χ0n) is 11.8. The third-order valence-electron chi connectivity index (χ3n) is 3.36. The van der Waals surface area contributed by atoms with Crippen molar-refractivity contribution in [1.29, 1.82) is 5.26 Å². The summed E-state index contributed by atoms with van der Waals surface area (Å²) in [6, 6.07) is 15.1. The second kappa shape index (κ2) is 7.26. The summed E-state index contributed by atoms with van der Waals surface area (Å²) in [5.41, 5.74) is 3.64. The van der Waals surface area contributed by atoms with Gasteiger partial charge in [0.1, 0.15) is 0 Å². The molecule has 0 aromatic heterocycles. The summed E-state index contributed by atoms with van der Waals surface area (Å²) in [5, 5.41) is 22.3. The molecule has 0 heterocycles. The van der Waals surface area contributed by atoms with E-state index in [1.807, 2.05) is 12.1 Å². The molecule has 3 nitrogen and oxygen atoms in total. The SMILES string of the molecule is CCc1cc(Br)ccc1NCC(O)c1ccc(C#N)cc1. The lowest BCUT2D eigenvalue weighted by molar-refractivity contribution is 0.191. The Kier molecular flexibility index (Phi) is 5.38. The van der Waals surface area contributed by atoms with Crippen LogP contribution in [0.15, 0.2) is 46.9 Å². The molecule has 108 valence electrons. The van der Waals surface area contributed by atoms with Crippen LogP contribution in [0.5, 0.6) is 0 Å². The van der Waals surface area contributed by atoms with Crippen molar-refractivity contribution in [2.75, 3.05) is 11.9 Å². The number of hydrogen-bond donors (Lipinski definition) is 2. The van der Waals surface area contributed by atoms with E-state index in [0.29, 0.717) is 12.1 Å². The highest BCUT2D eigenvalue weighted by atomic mass is 79.9. The number of anilines is 1. The lowest BCUT2D eigenvalue weighted by atomic mass is 10.1. The van der Waals surface area contributed by atoms with E-state index >= 15 is 0 Å². The molecular weight excluding hydrogens is 328 g/mol. The lowest BCUT2D eigenvalue weighted by Gasteiger charge is -2.16. The first kappa shape index (κ1) is 15.6. The Morgan fingerprint density at radius 1 is 1.24 bits per heavy atom. The van der Waals surface area contributed by atoms with E-state index in [9.17, 15) is 5.11 Å². The van der Waals surface area contributed by atoms with Crippen molar-refractivity contribution >= 4 is 21.6 Å². The van der Waals surface area contributed by atoms with E-state index in [-0.39, 0.29) is 0 Å². The van der Waals surface area contributed by atoms with Crippen LogP contribution in [0.3, 0.4) is 0 Å². The standard InChI is InChI=1S/C17H17BrN2O/c1-2-13-9-15(18)7-8-16(13)20-11-17(21)14-5-3-12(10-19)4-6-14/h3-9,17,20-21H,2,11H2,1H3. The molecule has 0 bridgehead atoms. The lowest BCUT2D eigenvalue weighted by Crippen LogP contribution is -2.13. The van der Waals surface area contributed by atoms with Gasteiger partial charge in [0.2, 0.25) is 0 Å². The van der Waals surface area contributed by atoms with E-state index in [1.54, 1.807) is 24.3 Å². The first-order chi connectivity index (χ1) is 10.1. The zero-order valence-corrected chi connectivity index (χ0v) is 13.4. The number of nitriles is 1. The number of aliphatic hydroxyl groups is 1. The maximum Gasteiger partial charge on any atom is 0.0991 e. The van der Waals surface area contributed by atoms with Gasteiger partial charge in [-0.1, -0.05) is 35.0 Å². The fourth-order valence-corrected chi connectivity index (χ4v) is 2.54. The number of benzene rings is 2. The largest absolute Gasteiger partial charge is 0.387 e. The Morgan fingerprint density at radius 2 is 1.95 bits per heavy atom. The van der Waals surface area contributed by atoms with E-state index in [4.69, 9.17) is 5.26 Å². The van der Waals surface area contributed by atoms with E-state index < -0.39 is 6.10 Å². The van der Waals surface area contributed by atoms with Crippen molar-refractivity contribution in [3.05, 3.63) is 63.6 Å². The molecule has 2 N–H and O–H groups in total. The van der Waals surface area contributed by atoms with Crippen LogP contribution < -0.4 is 5.32 Å². The summed E-state index contributed by atoms with van der Waals surface area (Å²) >= 11 is 3.46. The molecule has 0 saturated heterocycles. The molecule has 2 rings (SSSR count). The van der Waals surface area contributed by atoms with Crippen molar-refractivity contribution in [3.63, 3.8) is 0 Å². The molecular formula is C17H17BrN2O. The van der Waals surface area contributed by atoms with Gasteiger partial charge < -0.3 is 10.4 Å². The number of aliphatic hydroxyl groups excluding tert-OH is 1. The summed E-state index contributed by atoms with van der Waals surface area (Å²) in [5.74, 6) is 0. The highest BCUT2D eigenvalue weighted by Crippen LogP contribution is 2.23. The molecule has 2 aromatic rings. The molecule has 1 atom stereocenters. The van der Waals surface area contributed by atoms with Crippen molar-refractivity contribution in [3.8, 4) is 6.07 Å². The Morgan fingerprint density at radius 3 is 2.57 bits per heavy atom. The number of hydrogen-bond acceptors (Lipinski definition) is 3. The molecule has 0 aliphatic carbocycles. The van der Waals surface area contributed by atoms with Crippen LogP contribution in [0, 0.1) is 11.3 Å². The molecule has 0 spiro atoms. The number of halogens is 1. The van der Waals surface area contributed by atoms with Gasteiger partial charge in [-0.15, -0.1) is 0 Å². The summed E-state index contributed by atoms with van der Waals surface area (Å²) in [6.45, 7) is 2.53. The number of aryl methyl sites for hydroxylation is 1. The fraction of sp³-hybridized carbons (Fsp3) is 0.235. The topological polar surface area (TPSA) is 56.0 Å². The molecule has 0 fully saturated rings. The van der Waals surface area contributed by atoms with Gasteiger partial charge in [-0.3, -0.25) is 0 Å². The summed E-state index contributed by atoms with van der Waals surface area (Å²) in [4.78, 5) is 0. The highest BCUT2D eigenvalue weighted by Gasteiger charge is 2.09. The van der Waals surface area contributed by atoms with Crippen LogP contribution in [0.4, 0.5) is 5.69 Å². The van der Waals surface area contributed by atoms with Crippen molar-refractivity contribution < 1.29 is 5.11 Å².